The van der Waals surface area contributed by atoms with Crippen LogP contribution in [0.5, 0.6) is 0 Å². The van der Waals surface area contributed by atoms with Crippen LogP contribution in [-0.4, -0.2) is 42.9 Å². The molecule has 0 bridgehead atoms. The molecule has 0 heterocycles. The Morgan fingerprint density at radius 1 is 1.40 bits per heavy atom. The Labute approximate surface area is 90.0 Å². The summed E-state index contributed by atoms with van der Waals surface area (Å²) < 4.78 is 0. The molecule has 0 atom stereocenters. The normalized spacial score (nSPS) is 16.6. The van der Waals surface area contributed by atoms with Gasteiger partial charge in [-0.3, -0.25) is 9.59 Å². The third-order valence-corrected chi connectivity index (χ3v) is 2.74. The number of carbonyl (C=O) groups is 2. The molecule has 0 radical (unpaired) electrons. The van der Waals surface area contributed by atoms with Crippen molar-refractivity contribution in [1.82, 2.24) is 10.2 Å². The highest BCUT2D eigenvalue weighted by molar-refractivity contribution is 5.85. The van der Waals surface area contributed by atoms with Gasteiger partial charge in [-0.05, 0) is 19.9 Å². The molecule has 3 N–H and O–H groups in total. The highest BCUT2D eigenvalue weighted by atomic mass is 16.2. The molecule has 1 aliphatic rings. The van der Waals surface area contributed by atoms with Gasteiger partial charge in [-0.1, -0.05) is 12.8 Å². The van der Waals surface area contributed by atoms with E-state index in [9.17, 15) is 9.59 Å². The van der Waals surface area contributed by atoms with Crippen molar-refractivity contribution in [2.75, 3.05) is 20.1 Å². The Balaban J connectivity index is 2.58. The van der Waals surface area contributed by atoms with Crippen LogP contribution in [0.1, 0.15) is 25.7 Å². The summed E-state index contributed by atoms with van der Waals surface area (Å²) in [4.78, 5) is 24.2. The number of amides is 2. The third kappa shape index (κ3) is 3.51. The van der Waals surface area contributed by atoms with Gasteiger partial charge in [-0.15, -0.1) is 0 Å². The molecule has 5 heteroatoms. The molecule has 1 fully saturated rings. The van der Waals surface area contributed by atoms with Gasteiger partial charge in [0, 0.05) is 6.04 Å². The second-order valence-electron chi connectivity index (χ2n) is 3.96. The minimum absolute atomic E-state index is 0.0387. The average Bonchev–Trinajstić information content (AvgIpc) is 2.66. The van der Waals surface area contributed by atoms with E-state index in [4.69, 9.17) is 5.73 Å². The molecule has 0 spiro atoms. The minimum Gasteiger partial charge on any atom is -0.368 e. The zero-order chi connectivity index (χ0) is 11.3. The first kappa shape index (κ1) is 12.0. The second-order valence-corrected chi connectivity index (χ2v) is 3.96. The molecular weight excluding hydrogens is 194 g/mol. The smallest absolute Gasteiger partial charge is 0.237 e. The van der Waals surface area contributed by atoms with Gasteiger partial charge in [-0.2, -0.15) is 0 Å². The van der Waals surface area contributed by atoms with Crippen LogP contribution in [0.3, 0.4) is 0 Å². The van der Waals surface area contributed by atoms with Crippen LogP contribution >= 0.6 is 0 Å². The number of primary amides is 1. The van der Waals surface area contributed by atoms with Gasteiger partial charge in [0.05, 0.1) is 13.1 Å². The van der Waals surface area contributed by atoms with E-state index in [1.54, 1.807) is 11.9 Å². The van der Waals surface area contributed by atoms with E-state index in [0.717, 1.165) is 25.7 Å². The lowest BCUT2D eigenvalue weighted by molar-refractivity contribution is -0.136. The average molecular weight is 213 g/mol. The molecule has 5 nitrogen and oxygen atoms in total. The van der Waals surface area contributed by atoms with E-state index in [1.165, 1.54) is 0 Å². The standard InChI is InChI=1S/C10H19N3O2/c1-12-6-10(15)13(7-9(11)14)8-4-2-3-5-8/h8,12H,2-7H2,1H3,(H2,11,14). The van der Waals surface area contributed by atoms with Gasteiger partial charge < -0.3 is 16.0 Å². The van der Waals surface area contributed by atoms with Gasteiger partial charge in [0.25, 0.3) is 0 Å². The summed E-state index contributed by atoms with van der Waals surface area (Å²) in [6.45, 7) is 0.314. The number of carbonyl (C=O) groups excluding carboxylic acids is 2. The lowest BCUT2D eigenvalue weighted by atomic mass is 10.2. The van der Waals surface area contributed by atoms with Crippen LogP contribution in [0.4, 0.5) is 0 Å². The van der Waals surface area contributed by atoms with Crippen molar-refractivity contribution < 1.29 is 9.59 Å². The van der Waals surface area contributed by atoms with E-state index >= 15 is 0 Å². The van der Waals surface area contributed by atoms with Crippen LogP contribution < -0.4 is 11.1 Å². The molecule has 0 aliphatic heterocycles. The van der Waals surface area contributed by atoms with E-state index in [2.05, 4.69) is 5.32 Å². The highest BCUT2D eigenvalue weighted by Gasteiger charge is 2.26. The summed E-state index contributed by atoms with van der Waals surface area (Å²) in [6, 6.07) is 0.207. The first-order chi connectivity index (χ1) is 7.15. The van der Waals surface area contributed by atoms with Gasteiger partial charge in [0.15, 0.2) is 0 Å². The first-order valence-corrected chi connectivity index (χ1v) is 5.37. The predicted molar refractivity (Wildman–Crippen MR) is 57.1 cm³/mol. The number of nitrogens with one attached hydrogen (secondary N) is 1. The van der Waals surface area contributed by atoms with Gasteiger partial charge in [0.2, 0.25) is 11.8 Å². The number of hydrogen-bond acceptors (Lipinski definition) is 3. The monoisotopic (exact) mass is 213 g/mol. The first-order valence-electron chi connectivity index (χ1n) is 5.37. The molecule has 0 aromatic heterocycles. The molecule has 0 aromatic rings. The fraction of sp³-hybridized carbons (Fsp3) is 0.800. The number of nitrogens with two attached hydrogens (primary N) is 1. The van der Waals surface area contributed by atoms with Crippen molar-refractivity contribution in [2.45, 2.75) is 31.7 Å². The zero-order valence-corrected chi connectivity index (χ0v) is 9.16. The number of nitrogens with zero attached hydrogens (tertiary/aromatic N) is 1. The lowest BCUT2D eigenvalue weighted by Crippen LogP contribution is -2.47. The van der Waals surface area contributed by atoms with Gasteiger partial charge in [0.1, 0.15) is 0 Å². The van der Waals surface area contributed by atoms with Gasteiger partial charge in [-0.25, -0.2) is 0 Å². The summed E-state index contributed by atoms with van der Waals surface area (Å²) in [6.07, 6.45) is 4.24. The Bertz CT molecular complexity index is 237. The fourth-order valence-electron chi connectivity index (χ4n) is 2.06. The Kier molecular flexibility index (Phi) is 4.55. The van der Waals surface area contributed by atoms with E-state index < -0.39 is 5.91 Å². The lowest BCUT2D eigenvalue weighted by Gasteiger charge is -2.27. The summed E-state index contributed by atoms with van der Waals surface area (Å²) >= 11 is 0. The zero-order valence-electron chi connectivity index (χ0n) is 9.16. The van der Waals surface area contributed by atoms with Crippen LogP contribution in [0.2, 0.25) is 0 Å². The van der Waals surface area contributed by atoms with E-state index in [-0.39, 0.29) is 25.0 Å². The Hall–Kier alpha value is -1.10. The molecule has 0 aromatic carbocycles. The molecule has 1 saturated carbocycles. The van der Waals surface area contributed by atoms with Crippen LogP contribution in [0, 0.1) is 0 Å². The maximum Gasteiger partial charge on any atom is 0.237 e. The highest BCUT2D eigenvalue weighted by Crippen LogP contribution is 2.23. The van der Waals surface area contributed by atoms with Crippen LogP contribution in [0.15, 0.2) is 0 Å². The largest absolute Gasteiger partial charge is 0.368 e. The van der Waals surface area contributed by atoms with Crippen molar-refractivity contribution in [2.24, 2.45) is 5.73 Å². The maximum atomic E-state index is 11.7. The van der Waals surface area contributed by atoms with Crippen molar-refractivity contribution in [1.29, 1.82) is 0 Å². The van der Waals surface area contributed by atoms with Gasteiger partial charge >= 0.3 is 0 Å². The summed E-state index contributed by atoms with van der Waals surface area (Å²) in [7, 11) is 1.72. The van der Waals surface area contributed by atoms with Crippen molar-refractivity contribution in [3.05, 3.63) is 0 Å². The van der Waals surface area contributed by atoms with Crippen molar-refractivity contribution in [3.8, 4) is 0 Å². The van der Waals surface area contributed by atoms with E-state index in [0.29, 0.717) is 0 Å². The number of likely N-dealkylation sites (N-methyl/N-ethyl adjacent to an activating group) is 1. The number of rotatable bonds is 5. The van der Waals surface area contributed by atoms with Crippen LogP contribution in [-0.2, 0) is 9.59 Å². The van der Waals surface area contributed by atoms with Crippen molar-refractivity contribution >= 4 is 11.8 Å². The van der Waals surface area contributed by atoms with Crippen LogP contribution in [0.25, 0.3) is 0 Å². The third-order valence-electron chi connectivity index (χ3n) is 2.74. The van der Waals surface area contributed by atoms with E-state index in [1.807, 2.05) is 0 Å². The van der Waals surface area contributed by atoms with Crippen molar-refractivity contribution in [3.63, 3.8) is 0 Å². The fourth-order valence-corrected chi connectivity index (χ4v) is 2.06. The molecule has 1 aliphatic carbocycles. The predicted octanol–water partition coefficient (Wildman–Crippen LogP) is -0.538. The summed E-state index contributed by atoms with van der Waals surface area (Å²) in [5.74, 6) is -0.477. The summed E-state index contributed by atoms with van der Waals surface area (Å²) in [5.41, 5.74) is 5.14. The molecule has 1 rings (SSSR count). The quantitative estimate of drug-likeness (QED) is 0.644. The molecular formula is C10H19N3O2. The molecule has 15 heavy (non-hydrogen) atoms. The maximum absolute atomic E-state index is 11.7. The topological polar surface area (TPSA) is 75.4 Å². The molecule has 2 amide bonds. The molecule has 0 unspecified atom stereocenters. The number of hydrogen-bond donors (Lipinski definition) is 2. The Morgan fingerprint density at radius 3 is 2.47 bits per heavy atom. The Morgan fingerprint density at radius 2 is 2.00 bits per heavy atom. The second kappa shape index (κ2) is 5.70. The molecule has 0 saturated heterocycles. The SMILES string of the molecule is CNCC(=O)N(CC(N)=O)C1CCCC1. The minimum atomic E-state index is -0.439. The summed E-state index contributed by atoms with van der Waals surface area (Å²) in [5, 5.41) is 2.80. The molecule has 86 valence electrons.